The number of aliphatic hydroxyl groups is 2. The summed E-state index contributed by atoms with van der Waals surface area (Å²) in [6, 6.07) is 32.1. The minimum atomic E-state index is -0.795. The molecule has 0 amide bonds. The molecular formula is C32H40N2O2. The van der Waals surface area contributed by atoms with Crippen LogP contribution < -0.4 is 0 Å². The van der Waals surface area contributed by atoms with E-state index >= 15 is 0 Å². The van der Waals surface area contributed by atoms with Gasteiger partial charge in [-0.3, -0.25) is 0 Å². The zero-order valence-electron chi connectivity index (χ0n) is 21.3. The molecule has 0 radical (unpaired) electrons. The lowest BCUT2D eigenvalue weighted by atomic mass is 9.73. The Labute approximate surface area is 216 Å². The summed E-state index contributed by atoms with van der Waals surface area (Å²) in [6.07, 6.45) is 2.80. The zero-order chi connectivity index (χ0) is 24.8. The van der Waals surface area contributed by atoms with Gasteiger partial charge in [-0.2, -0.15) is 0 Å². The Morgan fingerprint density at radius 2 is 1.31 bits per heavy atom. The van der Waals surface area contributed by atoms with Crippen molar-refractivity contribution < 1.29 is 10.2 Å². The maximum atomic E-state index is 11.7. The van der Waals surface area contributed by atoms with Gasteiger partial charge in [0.25, 0.3) is 0 Å². The van der Waals surface area contributed by atoms with Gasteiger partial charge in [-0.05, 0) is 42.4 Å². The highest BCUT2D eigenvalue weighted by Crippen LogP contribution is 2.37. The molecule has 2 saturated heterocycles. The standard InChI is InChI=1S/C32H40N2O2/c35-31-17-21-34(24-29(27-12-6-2-7-13-27)28-14-8-3-9-15-28)25-30(31)32(36)18-22-33(23-19-32)20-16-26-10-4-1-5-11-26/h1-15,29-31,35-36H,16-25H2. The van der Waals surface area contributed by atoms with Crippen LogP contribution in [-0.2, 0) is 6.42 Å². The summed E-state index contributed by atoms with van der Waals surface area (Å²) in [4.78, 5) is 4.94. The molecule has 2 aliphatic rings. The first-order valence-corrected chi connectivity index (χ1v) is 13.6. The SMILES string of the molecule is OC1CCN(CC(c2ccccc2)c2ccccc2)CC1C1(O)CCN(CCc2ccccc2)CC1. The van der Waals surface area contributed by atoms with Crippen LogP contribution in [0.5, 0.6) is 0 Å². The highest BCUT2D eigenvalue weighted by Gasteiger charge is 2.45. The second-order valence-electron chi connectivity index (χ2n) is 10.8. The van der Waals surface area contributed by atoms with Gasteiger partial charge in [0.2, 0.25) is 0 Å². The smallest absolute Gasteiger partial charge is 0.0737 e. The maximum absolute atomic E-state index is 11.7. The van der Waals surface area contributed by atoms with E-state index in [2.05, 4.69) is 101 Å². The predicted molar refractivity (Wildman–Crippen MR) is 146 cm³/mol. The van der Waals surface area contributed by atoms with Gasteiger partial charge in [-0.1, -0.05) is 91.0 Å². The molecule has 36 heavy (non-hydrogen) atoms. The second-order valence-corrected chi connectivity index (χ2v) is 10.8. The van der Waals surface area contributed by atoms with E-state index in [9.17, 15) is 10.2 Å². The van der Waals surface area contributed by atoms with Gasteiger partial charge in [-0.25, -0.2) is 0 Å². The van der Waals surface area contributed by atoms with Crippen LogP contribution in [0.1, 0.15) is 41.9 Å². The minimum absolute atomic E-state index is 0.102. The summed E-state index contributed by atoms with van der Waals surface area (Å²) in [5.41, 5.74) is 3.20. The van der Waals surface area contributed by atoms with Gasteiger partial charge in [0.15, 0.2) is 0 Å². The van der Waals surface area contributed by atoms with Crippen molar-refractivity contribution in [1.29, 1.82) is 0 Å². The van der Waals surface area contributed by atoms with Gasteiger partial charge in [0.1, 0.15) is 0 Å². The fourth-order valence-electron chi connectivity index (χ4n) is 6.20. The van der Waals surface area contributed by atoms with E-state index in [-0.39, 0.29) is 11.8 Å². The van der Waals surface area contributed by atoms with Crippen LogP contribution in [0.3, 0.4) is 0 Å². The third-order valence-electron chi connectivity index (χ3n) is 8.48. The van der Waals surface area contributed by atoms with Crippen molar-refractivity contribution in [3.63, 3.8) is 0 Å². The zero-order valence-corrected chi connectivity index (χ0v) is 21.3. The fourth-order valence-corrected chi connectivity index (χ4v) is 6.20. The fraction of sp³-hybridized carbons (Fsp3) is 0.438. The molecular weight excluding hydrogens is 444 g/mol. The largest absolute Gasteiger partial charge is 0.393 e. The summed E-state index contributed by atoms with van der Waals surface area (Å²) in [5.74, 6) is 0.174. The van der Waals surface area contributed by atoms with Crippen LogP contribution >= 0.6 is 0 Å². The van der Waals surface area contributed by atoms with Crippen molar-refractivity contribution in [3.05, 3.63) is 108 Å². The molecule has 2 atom stereocenters. The Kier molecular flexibility index (Phi) is 8.18. The van der Waals surface area contributed by atoms with Gasteiger partial charge in [0.05, 0.1) is 11.7 Å². The highest BCUT2D eigenvalue weighted by atomic mass is 16.3. The number of aliphatic hydroxyl groups excluding tert-OH is 1. The van der Waals surface area contributed by atoms with E-state index in [1.807, 2.05) is 0 Å². The Balaban J connectivity index is 1.22. The quantitative estimate of drug-likeness (QED) is 0.492. The minimum Gasteiger partial charge on any atom is -0.393 e. The summed E-state index contributed by atoms with van der Waals surface area (Å²) in [6.45, 7) is 5.32. The van der Waals surface area contributed by atoms with E-state index in [1.54, 1.807) is 0 Å². The Bertz CT molecular complexity index is 1010. The molecule has 190 valence electrons. The average molecular weight is 485 g/mol. The second kappa shape index (κ2) is 11.7. The van der Waals surface area contributed by atoms with Crippen LogP contribution in [0.4, 0.5) is 0 Å². The number of hydrogen-bond donors (Lipinski definition) is 2. The molecule has 3 aromatic carbocycles. The number of rotatable bonds is 8. The third-order valence-corrected chi connectivity index (χ3v) is 8.48. The van der Waals surface area contributed by atoms with Crippen LogP contribution in [0.25, 0.3) is 0 Å². The number of nitrogens with zero attached hydrogens (tertiary/aromatic N) is 2. The Morgan fingerprint density at radius 3 is 1.89 bits per heavy atom. The van der Waals surface area contributed by atoms with Gasteiger partial charge >= 0.3 is 0 Å². The van der Waals surface area contributed by atoms with Gasteiger partial charge < -0.3 is 20.0 Å². The lowest BCUT2D eigenvalue weighted by molar-refractivity contribution is -0.128. The molecule has 4 heteroatoms. The number of piperidine rings is 2. The molecule has 0 spiro atoms. The predicted octanol–water partition coefficient (Wildman–Crippen LogP) is 4.57. The average Bonchev–Trinajstić information content (AvgIpc) is 2.94. The van der Waals surface area contributed by atoms with Crippen molar-refractivity contribution in [2.45, 2.75) is 43.3 Å². The molecule has 5 rings (SSSR count). The Morgan fingerprint density at radius 1 is 0.750 bits per heavy atom. The molecule has 0 bridgehead atoms. The van der Waals surface area contributed by atoms with Crippen LogP contribution in [-0.4, -0.2) is 71.0 Å². The molecule has 2 fully saturated rings. The molecule has 2 unspecified atom stereocenters. The normalized spacial score (nSPS) is 23.1. The first kappa shape index (κ1) is 25.2. The van der Waals surface area contributed by atoms with E-state index in [4.69, 9.17) is 0 Å². The van der Waals surface area contributed by atoms with E-state index in [0.29, 0.717) is 0 Å². The maximum Gasteiger partial charge on any atom is 0.0737 e. The summed E-state index contributed by atoms with van der Waals surface area (Å²) < 4.78 is 0. The van der Waals surface area contributed by atoms with Crippen LogP contribution in [0, 0.1) is 5.92 Å². The molecule has 0 saturated carbocycles. The van der Waals surface area contributed by atoms with Gasteiger partial charge in [-0.15, -0.1) is 0 Å². The summed E-state index contributed by atoms with van der Waals surface area (Å²) >= 11 is 0. The molecule has 0 aliphatic carbocycles. The van der Waals surface area contributed by atoms with Crippen molar-refractivity contribution in [3.8, 4) is 0 Å². The number of likely N-dealkylation sites (tertiary alicyclic amines) is 2. The summed E-state index contributed by atoms with van der Waals surface area (Å²) in [7, 11) is 0. The van der Waals surface area contributed by atoms with Crippen molar-refractivity contribution in [1.82, 2.24) is 9.80 Å². The van der Waals surface area contributed by atoms with E-state index in [0.717, 1.165) is 65.0 Å². The van der Waals surface area contributed by atoms with E-state index < -0.39 is 11.7 Å². The number of benzene rings is 3. The van der Waals surface area contributed by atoms with Crippen molar-refractivity contribution in [2.24, 2.45) is 5.92 Å². The number of hydrogen-bond acceptors (Lipinski definition) is 4. The van der Waals surface area contributed by atoms with Crippen molar-refractivity contribution in [2.75, 3.05) is 39.3 Å². The third kappa shape index (κ3) is 6.07. The monoisotopic (exact) mass is 484 g/mol. The lowest BCUT2D eigenvalue weighted by Crippen LogP contribution is -2.58. The molecule has 4 nitrogen and oxygen atoms in total. The van der Waals surface area contributed by atoms with E-state index in [1.165, 1.54) is 16.7 Å². The first-order valence-electron chi connectivity index (χ1n) is 13.6. The molecule has 3 aromatic rings. The Hall–Kier alpha value is -2.50. The topological polar surface area (TPSA) is 46.9 Å². The molecule has 2 heterocycles. The van der Waals surface area contributed by atoms with Crippen molar-refractivity contribution >= 4 is 0 Å². The van der Waals surface area contributed by atoms with Crippen LogP contribution in [0.2, 0.25) is 0 Å². The summed E-state index contributed by atoms with van der Waals surface area (Å²) in [5, 5.41) is 22.7. The molecule has 0 aromatic heterocycles. The van der Waals surface area contributed by atoms with Crippen LogP contribution in [0.15, 0.2) is 91.0 Å². The first-order chi connectivity index (χ1) is 17.6. The van der Waals surface area contributed by atoms with Gasteiger partial charge in [0, 0.05) is 51.1 Å². The lowest BCUT2D eigenvalue weighted by Gasteiger charge is -2.48. The molecule has 2 aliphatic heterocycles. The molecule has 2 N–H and O–H groups in total. The highest BCUT2D eigenvalue weighted by molar-refractivity contribution is 5.33.